The Morgan fingerprint density at radius 2 is 1.69 bits per heavy atom. The van der Waals surface area contributed by atoms with Gasteiger partial charge in [-0.2, -0.15) is 0 Å². The first-order chi connectivity index (χ1) is 23.1. The van der Waals surface area contributed by atoms with Gasteiger partial charge < -0.3 is 59.2 Å². The van der Waals surface area contributed by atoms with Crippen LogP contribution in [-0.4, -0.2) is 115 Å². The molecule has 49 heavy (non-hydrogen) atoms. The average Bonchev–Trinajstić information content (AvgIpc) is 3.64. The zero-order chi connectivity index (χ0) is 35.6. The largest absolute Gasteiger partial charge is 0.524 e. The molecule has 1 aliphatic carbocycles. The highest BCUT2D eigenvalue weighted by atomic mass is 35.5. The van der Waals surface area contributed by atoms with E-state index in [0.29, 0.717) is 5.02 Å². The van der Waals surface area contributed by atoms with Crippen molar-refractivity contribution in [2.24, 2.45) is 5.16 Å². The summed E-state index contributed by atoms with van der Waals surface area (Å²) >= 11 is 5.97. The molecule has 1 amide bonds. The van der Waals surface area contributed by atoms with E-state index in [0.717, 1.165) is 11.6 Å². The second-order valence-corrected chi connectivity index (χ2v) is 13.2. The molecule has 2 saturated heterocycles. The fourth-order valence-electron chi connectivity index (χ4n) is 5.55. The molecule has 0 spiro atoms. The molecule has 2 aromatic carbocycles. The van der Waals surface area contributed by atoms with Crippen molar-refractivity contribution in [1.82, 2.24) is 5.32 Å². The Bertz CT molecular complexity index is 1620. The summed E-state index contributed by atoms with van der Waals surface area (Å²) < 4.78 is 38.4. The predicted octanol–water partition coefficient (Wildman–Crippen LogP) is -0.0444. The Morgan fingerprint density at radius 1 is 0.980 bits per heavy atom. The Labute approximate surface area is 284 Å². The van der Waals surface area contributed by atoms with Gasteiger partial charge in [0, 0.05) is 10.6 Å². The van der Waals surface area contributed by atoms with Crippen LogP contribution in [0.15, 0.2) is 53.2 Å². The molecule has 10 unspecified atom stereocenters. The summed E-state index contributed by atoms with van der Waals surface area (Å²) in [5, 5.41) is 59.7. The van der Waals surface area contributed by atoms with Crippen LogP contribution in [0.4, 0.5) is 0 Å². The van der Waals surface area contributed by atoms with E-state index in [1.807, 2.05) is 0 Å². The minimum Gasteiger partial charge on any atom is -0.458 e. The molecule has 268 valence electrons. The second kappa shape index (κ2) is 15.4. The van der Waals surface area contributed by atoms with E-state index in [2.05, 4.69) is 10.5 Å². The van der Waals surface area contributed by atoms with Crippen LogP contribution in [0, 0.1) is 0 Å². The van der Waals surface area contributed by atoms with Gasteiger partial charge in [-0.3, -0.25) is 14.6 Å². The van der Waals surface area contributed by atoms with Gasteiger partial charge in [-0.15, -0.1) is 0 Å². The Morgan fingerprint density at radius 3 is 2.39 bits per heavy atom. The summed E-state index contributed by atoms with van der Waals surface area (Å²) in [4.78, 5) is 37.4. The number of halogens is 1. The summed E-state index contributed by atoms with van der Waals surface area (Å²) in [5.74, 6) is -1.53. The first-order valence-corrected chi connectivity index (χ1v) is 16.8. The summed E-state index contributed by atoms with van der Waals surface area (Å²) in [6.07, 6.45) is -10.9. The third-order valence-electron chi connectivity index (χ3n) is 8.03. The summed E-state index contributed by atoms with van der Waals surface area (Å²) in [6.45, 7) is 2.75. The van der Waals surface area contributed by atoms with E-state index in [4.69, 9.17) is 39.9 Å². The van der Waals surface area contributed by atoms with Crippen LogP contribution in [0.2, 0.25) is 5.02 Å². The van der Waals surface area contributed by atoms with Gasteiger partial charge in [0.1, 0.15) is 62.2 Å². The molecule has 19 heteroatoms. The third-order valence-corrected chi connectivity index (χ3v) is 8.70. The van der Waals surface area contributed by atoms with Gasteiger partial charge in [-0.25, -0.2) is 4.57 Å². The topological polar surface area (TPSA) is 256 Å². The van der Waals surface area contributed by atoms with Crippen molar-refractivity contribution in [2.75, 3.05) is 6.79 Å². The SMILES string of the molecule is CC(=Cc1ccc(OC2OC(/C(C)=N/OCc3cccc(Cl)c3)C(O)C2O)c(OP(=O)(O)O)c1)C(=O)NC1C(O)C(O)C2OCOC2C1O. The molecule has 3 aliphatic rings. The highest BCUT2D eigenvalue weighted by Gasteiger charge is 2.53. The molecule has 8 N–H and O–H groups in total. The number of benzene rings is 2. The van der Waals surface area contributed by atoms with Crippen LogP contribution in [0.1, 0.15) is 25.0 Å². The predicted molar refractivity (Wildman–Crippen MR) is 168 cm³/mol. The number of nitrogens with one attached hydrogen (secondary N) is 1. The van der Waals surface area contributed by atoms with Crippen LogP contribution >= 0.6 is 19.4 Å². The summed E-state index contributed by atoms with van der Waals surface area (Å²) in [6, 6.07) is 9.36. The Hall–Kier alpha value is -3.16. The number of aliphatic hydroxyl groups excluding tert-OH is 5. The lowest BCUT2D eigenvalue weighted by Gasteiger charge is -2.41. The molecule has 3 fully saturated rings. The molecule has 2 aliphatic heterocycles. The van der Waals surface area contributed by atoms with Gasteiger partial charge in [-0.1, -0.05) is 35.0 Å². The average molecular weight is 731 g/mol. The van der Waals surface area contributed by atoms with Crippen LogP contribution in [0.5, 0.6) is 11.5 Å². The highest BCUT2D eigenvalue weighted by Crippen LogP contribution is 2.43. The number of phosphoric acid groups is 1. The van der Waals surface area contributed by atoms with Crippen molar-refractivity contribution < 1.29 is 73.0 Å². The van der Waals surface area contributed by atoms with Gasteiger partial charge in [0.05, 0.1) is 11.8 Å². The highest BCUT2D eigenvalue weighted by molar-refractivity contribution is 7.46. The first-order valence-electron chi connectivity index (χ1n) is 14.9. The molecular weight excluding hydrogens is 695 g/mol. The van der Waals surface area contributed by atoms with E-state index < -0.39 is 80.6 Å². The standard InChI is InChI=1S/C30H36ClN2O15P/c1-13(29(39)32-20-21(34)23(36)28-27(22(20)35)43-12-44-28)8-15-6-7-18(19(10-15)48-49(40,41)42)46-30-25(38)24(37)26(47-30)14(2)33-45-11-16-4-3-5-17(31)9-16/h3-10,20-28,30,34-38H,11-12H2,1-2H3,(H,32,39)(H2,40,41,42)/b13-8?,33-14+. The molecule has 1 saturated carbocycles. The summed E-state index contributed by atoms with van der Waals surface area (Å²) in [5.41, 5.74) is 1.13. The van der Waals surface area contributed by atoms with Crippen molar-refractivity contribution >= 4 is 37.1 Å². The van der Waals surface area contributed by atoms with Gasteiger partial charge in [0.25, 0.3) is 0 Å². The summed E-state index contributed by atoms with van der Waals surface area (Å²) in [7, 11) is -5.16. The molecule has 0 bridgehead atoms. The van der Waals surface area contributed by atoms with Gasteiger partial charge >= 0.3 is 7.82 Å². The lowest BCUT2D eigenvalue weighted by molar-refractivity contribution is -0.155. The van der Waals surface area contributed by atoms with E-state index in [1.54, 1.807) is 24.3 Å². The molecular formula is C30H36ClN2O15P. The van der Waals surface area contributed by atoms with Crippen molar-refractivity contribution in [3.8, 4) is 11.5 Å². The lowest BCUT2D eigenvalue weighted by Crippen LogP contribution is -2.67. The molecule has 17 nitrogen and oxygen atoms in total. The van der Waals surface area contributed by atoms with Crippen LogP contribution in [0.3, 0.4) is 0 Å². The van der Waals surface area contributed by atoms with Crippen molar-refractivity contribution in [3.63, 3.8) is 0 Å². The maximum absolute atomic E-state index is 13.0. The van der Waals surface area contributed by atoms with Gasteiger partial charge in [-0.05, 0) is 55.3 Å². The maximum atomic E-state index is 13.0. The van der Waals surface area contributed by atoms with Crippen LogP contribution in [-0.2, 0) is 35.0 Å². The molecule has 2 heterocycles. The molecule has 10 atom stereocenters. The number of carbonyl (C=O) groups excluding carboxylic acids is 1. The monoisotopic (exact) mass is 730 g/mol. The Balaban J connectivity index is 1.27. The van der Waals surface area contributed by atoms with E-state index in [9.17, 15) is 44.7 Å². The normalized spacial score (nSPS) is 32.0. The number of rotatable bonds is 11. The van der Waals surface area contributed by atoms with E-state index in [1.165, 1.54) is 32.1 Å². The lowest BCUT2D eigenvalue weighted by atomic mass is 9.83. The van der Waals surface area contributed by atoms with E-state index >= 15 is 0 Å². The van der Waals surface area contributed by atoms with Gasteiger partial charge in [0.15, 0.2) is 11.5 Å². The molecule has 0 radical (unpaired) electrons. The minimum absolute atomic E-state index is 0.0308. The first kappa shape index (κ1) is 37.1. The fraction of sp³-hybridized carbons (Fsp3) is 0.467. The number of nitrogens with zero attached hydrogens (tertiary/aromatic N) is 1. The smallest absolute Gasteiger partial charge is 0.458 e. The number of aliphatic hydroxyl groups is 5. The number of hydrogen-bond donors (Lipinski definition) is 8. The molecule has 2 aromatic rings. The number of fused-ring (bicyclic) bond motifs is 1. The number of carbonyl (C=O) groups is 1. The number of ether oxygens (including phenoxy) is 4. The van der Waals surface area contributed by atoms with Crippen molar-refractivity contribution in [2.45, 2.75) is 81.6 Å². The zero-order valence-electron chi connectivity index (χ0n) is 26.0. The number of amides is 1. The number of hydrogen-bond acceptors (Lipinski definition) is 14. The van der Waals surface area contributed by atoms with Crippen molar-refractivity contribution in [3.05, 3.63) is 64.2 Å². The minimum atomic E-state index is -5.16. The third kappa shape index (κ3) is 8.78. The maximum Gasteiger partial charge on any atom is 0.524 e. The van der Waals surface area contributed by atoms with Crippen LogP contribution in [0.25, 0.3) is 6.08 Å². The quantitative estimate of drug-likeness (QED) is 0.0653. The molecule has 5 rings (SSSR count). The van der Waals surface area contributed by atoms with Crippen molar-refractivity contribution in [1.29, 1.82) is 0 Å². The second-order valence-electron chi connectivity index (χ2n) is 11.6. The van der Waals surface area contributed by atoms with Crippen LogP contribution < -0.4 is 14.6 Å². The number of phosphoric ester groups is 1. The van der Waals surface area contributed by atoms with E-state index in [-0.39, 0.29) is 36.0 Å². The Kier molecular flexibility index (Phi) is 11.7. The number of oxime groups is 1. The fourth-order valence-corrected chi connectivity index (χ4v) is 6.16. The zero-order valence-corrected chi connectivity index (χ0v) is 27.6. The molecule has 0 aromatic heterocycles. The van der Waals surface area contributed by atoms with Gasteiger partial charge in [0.2, 0.25) is 12.2 Å².